The highest BCUT2D eigenvalue weighted by atomic mass is 35.5. The summed E-state index contributed by atoms with van der Waals surface area (Å²) in [6.07, 6.45) is 3.81. The Kier molecular flexibility index (Phi) is 3.03. The molecule has 1 saturated carbocycles. The van der Waals surface area contributed by atoms with Gasteiger partial charge in [0.15, 0.2) is 0 Å². The summed E-state index contributed by atoms with van der Waals surface area (Å²) in [5.41, 5.74) is 1.89. The van der Waals surface area contributed by atoms with Gasteiger partial charge in [0.25, 0.3) is 0 Å². The molecule has 1 aliphatic rings. The zero-order valence-corrected chi connectivity index (χ0v) is 10.1. The van der Waals surface area contributed by atoms with Gasteiger partial charge in [-0.2, -0.15) is 0 Å². The van der Waals surface area contributed by atoms with E-state index in [4.69, 9.17) is 11.6 Å². The summed E-state index contributed by atoms with van der Waals surface area (Å²) < 4.78 is 0. The Bertz CT molecular complexity index is 327. The van der Waals surface area contributed by atoms with Crippen molar-refractivity contribution in [2.24, 2.45) is 5.41 Å². The van der Waals surface area contributed by atoms with Crippen molar-refractivity contribution in [2.45, 2.75) is 32.2 Å². The molecule has 0 saturated heterocycles. The zero-order valence-electron chi connectivity index (χ0n) is 9.39. The molecule has 1 N–H and O–H groups in total. The van der Waals surface area contributed by atoms with E-state index in [1.165, 1.54) is 18.4 Å². The smallest absolute Gasteiger partial charge is 0.0406 e. The van der Waals surface area contributed by atoms with E-state index < -0.39 is 0 Å². The molecule has 0 radical (unpaired) electrons. The lowest BCUT2D eigenvalue weighted by Gasteiger charge is -2.23. The van der Waals surface area contributed by atoms with Crippen LogP contribution in [0.25, 0.3) is 0 Å². The van der Waals surface area contributed by atoms with Crippen LogP contribution in [-0.4, -0.2) is 13.1 Å². The van der Waals surface area contributed by atoms with Crippen LogP contribution in [0.3, 0.4) is 0 Å². The lowest BCUT2D eigenvalue weighted by molar-refractivity contribution is 0.376. The van der Waals surface area contributed by atoms with Crippen LogP contribution < -0.4 is 5.32 Å². The van der Waals surface area contributed by atoms with Crippen LogP contribution in [0, 0.1) is 5.41 Å². The third kappa shape index (κ3) is 2.53. The van der Waals surface area contributed by atoms with Gasteiger partial charge < -0.3 is 5.32 Å². The van der Waals surface area contributed by atoms with Crippen molar-refractivity contribution in [3.8, 4) is 0 Å². The maximum atomic E-state index is 5.87. The van der Waals surface area contributed by atoms with E-state index in [2.05, 4.69) is 31.4 Å². The monoisotopic (exact) mass is 223 g/mol. The Balaban J connectivity index is 2.03. The fourth-order valence-electron chi connectivity index (χ4n) is 2.10. The average Bonchev–Trinajstić information content (AvgIpc) is 2.96. The molecule has 0 aromatic heterocycles. The summed E-state index contributed by atoms with van der Waals surface area (Å²) in [6.45, 7) is 2.37. The third-order valence-electron chi connectivity index (χ3n) is 3.58. The number of likely N-dealkylation sites (N-methyl/N-ethyl adjacent to an activating group) is 1. The molecule has 0 heterocycles. The van der Waals surface area contributed by atoms with Gasteiger partial charge in [0.2, 0.25) is 0 Å². The molecule has 0 amide bonds. The highest BCUT2D eigenvalue weighted by Gasteiger charge is 2.43. The van der Waals surface area contributed by atoms with Crippen molar-refractivity contribution in [2.75, 3.05) is 7.05 Å². The second-order valence-corrected chi connectivity index (χ2v) is 5.26. The summed E-state index contributed by atoms with van der Waals surface area (Å²) in [5, 5.41) is 4.25. The van der Waals surface area contributed by atoms with E-state index in [1.54, 1.807) is 0 Å². The van der Waals surface area contributed by atoms with E-state index in [1.807, 2.05) is 12.1 Å². The Hall–Kier alpha value is -0.530. The number of halogens is 1. The fraction of sp³-hybridized carbons (Fsp3) is 0.538. The predicted molar refractivity (Wildman–Crippen MR) is 65.3 cm³/mol. The van der Waals surface area contributed by atoms with Gasteiger partial charge >= 0.3 is 0 Å². The zero-order chi connectivity index (χ0) is 10.9. The van der Waals surface area contributed by atoms with Crippen molar-refractivity contribution in [3.05, 3.63) is 34.9 Å². The molecule has 15 heavy (non-hydrogen) atoms. The minimum Gasteiger partial charge on any atom is -0.316 e. The van der Waals surface area contributed by atoms with Crippen LogP contribution in [0.4, 0.5) is 0 Å². The molecule has 0 aliphatic heterocycles. The molecular weight excluding hydrogens is 206 g/mol. The largest absolute Gasteiger partial charge is 0.316 e. The molecular formula is C13H18ClN. The fourth-order valence-corrected chi connectivity index (χ4v) is 2.22. The van der Waals surface area contributed by atoms with Crippen LogP contribution >= 0.6 is 11.6 Å². The third-order valence-corrected chi connectivity index (χ3v) is 3.83. The SMILES string of the molecule is CNC(Cc1ccc(Cl)cc1)C1(C)CC1. The van der Waals surface area contributed by atoms with Gasteiger partial charge in [-0.15, -0.1) is 0 Å². The van der Waals surface area contributed by atoms with Crippen LogP contribution in [0.15, 0.2) is 24.3 Å². The van der Waals surface area contributed by atoms with Gasteiger partial charge in [-0.3, -0.25) is 0 Å². The van der Waals surface area contributed by atoms with Crippen molar-refractivity contribution >= 4 is 11.6 Å². The number of nitrogens with one attached hydrogen (secondary N) is 1. The summed E-state index contributed by atoms with van der Waals surface area (Å²) in [4.78, 5) is 0. The second kappa shape index (κ2) is 4.15. The number of benzene rings is 1. The molecule has 1 nitrogen and oxygen atoms in total. The van der Waals surface area contributed by atoms with E-state index in [0.29, 0.717) is 11.5 Å². The van der Waals surface area contributed by atoms with Gasteiger partial charge in [-0.05, 0) is 49.4 Å². The molecule has 1 fully saturated rings. The molecule has 1 aromatic carbocycles. The van der Waals surface area contributed by atoms with Crippen molar-refractivity contribution in [1.29, 1.82) is 0 Å². The van der Waals surface area contributed by atoms with Gasteiger partial charge in [0, 0.05) is 11.1 Å². The molecule has 1 aromatic rings. The van der Waals surface area contributed by atoms with E-state index in [-0.39, 0.29) is 0 Å². The first-order valence-electron chi connectivity index (χ1n) is 5.56. The maximum absolute atomic E-state index is 5.87. The second-order valence-electron chi connectivity index (χ2n) is 4.83. The maximum Gasteiger partial charge on any atom is 0.0406 e. The van der Waals surface area contributed by atoms with E-state index in [9.17, 15) is 0 Å². The van der Waals surface area contributed by atoms with E-state index >= 15 is 0 Å². The highest BCUT2D eigenvalue weighted by Crippen LogP contribution is 2.48. The average molecular weight is 224 g/mol. The van der Waals surface area contributed by atoms with E-state index in [0.717, 1.165) is 11.4 Å². The first-order valence-corrected chi connectivity index (χ1v) is 5.93. The predicted octanol–water partition coefficient (Wildman–Crippen LogP) is 3.27. The first-order chi connectivity index (χ1) is 7.14. The molecule has 1 atom stereocenters. The van der Waals surface area contributed by atoms with Crippen molar-refractivity contribution < 1.29 is 0 Å². The lowest BCUT2D eigenvalue weighted by Crippen LogP contribution is -2.35. The molecule has 1 aliphatic carbocycles. The Morgan fingerprint density at radius 1 is 1.33 bits per heavy atom. The number of rotatable bonds is 4. The molecule has 2 heteroatoms. The summed E-state index contributed by atoms with van der Waals surface area (Å²) >= 11 is 5.87. The van der Waals surface area contributed by atoms with Crippen molar-refractivity contribution in [3.63, 3.8) is 0 Å². The van der Waals surface area contributed by atoms with Crippen LogP contribution in [-0.2, 0) is 6.42 Å². The topological polar surface area (TPSA) is 12.0 Å². The number of hydrogen-bond acceptors (Lipinski definition) is 1. The van der Waals surface area contributed by atoms with Gasteiger partial charge in [0.1, 0.15) is 0 Å². The summed E-state index contributed by atoms with van der Waals surface area (Å²) in [6, 6.07) is 8.78. The standard InChI is InChI=1S/C13H18ClN/c1-13(7-8-13)12(15-2)9-10-3-5-11(14)6-4-10/h3-6,12,15H,7-9H2,1-2H3. The lowest BCUT2D eigenvalue weighted by atomic mass is 9.92. The quantitative estimate of drug-likeness (QED) is 0.826. The Morgan fingerprint density at radius 3 is 2.40 bits per heavy atom. The molecule has 0 bridgehead atoms. The normalized spacial score (nSPS) is 19.9. The first kappa shape index (κ1) is 11.0. The van der Waals surface area contributed by atoms with Gasteiger partial charge in [0.05, 0.1) is 0 Å². The molecule has 1 unspecified atom stereocenters. The van der Waals surface area contributed by atoms with Crippen LogP contribution in [0.2, 0.25) is 5.02 Å². The molecule has 2 rings (SSSR count). The minimum absolute atomic E-state index is 0.522. The Labute approximate surface area is 96.8 Å². The minimum atomic E-state index is 0.522. The summed E-state index contributed by atoms with van der Waals surface area (Å²) in [7, 11) is 2.06. The Morgan fingerprint density at radius 2 is 1.93 bits per heavy atom. The molecule has 82 valence electrons. The molecule has 0 spiro atoms. The van der Waals surface area contributed by atoms with Gasteiger partial charge in [-0.25, -0.2) is 0 Å². The van der Waals surface area contributed by atoms with Crippen LogP contribution in [0.1, 0.15) is 25.3 Å². The number of hydrogen-bond donors (Lipinski definition) is 1. The highest BCUT2D eigenvalue weighted by molar-refractivity contribution is 6.30. The van der Waals surface area contributed by atoms with Crippen LogP contribution in [0.5, 0.6) is 0 Å². The van der Waals surface area contributed by atoms with Gasteiger partial charge in [-0.1, -0.05) is 30.7 Å². The summed E-state index contributed by atoms with van der Waals surface area (Å²) in [5.74, 6) is 0. The van der Waals surface area contributed by atoms with Crippen molar-refractivity contribution in [1.82, 2.24) is 5.32 Å².